The predicted octanol–water partition coefficient (Wildman–Crippen LogP) is 2.24. The molecule has 1 aromatic carbocycles. The number of carbonyl (C=O) groups excluding carboxylic acids is 1. The Morgan fingerprint density at radius 1 is 1.28 bits per heavy atom. The van der Waals surface area contributed by atoms with Gasteiger partial charge in [0, 0.05) is 25.4 Å². The van der Waals surface area contributed by atoms with Gasteiger partial charge >= 0.3 is 6.03 Å². The Balaban J connectivity index is 2.22. The van der Waals surface area contributed by atoms with Gasteiger partial charge in [0.05, 0.1) is 7.11 Å². The molecule has 5 nitrogen and oxygen atoms in total. The van der Waals surface area contributed by atoms with Gasteiger partial charge in [0.15, 0.2) is 0 Å². The van der Waals surface area contributed by atoms with Crippen molar-refractivity contribution in [3.8, 4) is 5.75 Å². The third-order valence-electron chi connectivity index (χ3n) is 2.30. The number of carbonyl (C=O) groups is 1. The number of methoxy groups -OCH3 is 1. The fourth-order valence-corrected chi connectivity index (χ4v) is 1.37. The summed E-state index contributed by atoms with van der Waals surface area (Å²) in [7, 11) is 1.60. The van der Waals surface area contributed by atoms with Crippen molar-refractivity contribution in [1.29, 1.82) is 0 Å². The highest BCUT2D eigenvalue weighted by Gasteiger charge is 2.00. The maximum Gasteiger partial charge on any atom is 0.319 e. The molecule has 0 radical (unpaired) electrons. The van der Waals surface area contributed by atoms with Gasteiger partial charge in [0.2, 0.25) is 0 Å². The summed E-state index contributed by atoms with van der Waals surface area (Å²) in [5, 5.41) is 5.50. The van der Waals surface area contributed by atoms with E-state index in [0.29, 0.717) is 19.8 Å². The highest BCUT2D eigenvalue weighted by atomic mass is 16.5. The van der Waals surface area contributed by atoms with Gasteiger partial charge in [0.25, 0.3) is 0 Å². The van der Waals surface area contributed by atoms with Crippen molar-refractivity contribution in [2.45, 2.75) is 13.3 Å². The molecule has 0 spiro atoms. The number of ether oxygens (including phenoxy) is 2. The van der Waals surface area contributed by atoms with Gasteiger partial charge in [-0.2, -0.15) is 0 Å². The summed E-state index contributed by atoms with van der Waals surface area (Å²) in [6.45, 7) is 3.92. The molecule has 0 atom stereocenters. The Hall–Kier alpha value is -1.75. The fraction of sp³-hybridized carbons (Fsp3) is 0.462. The van der Waals surface area contributed by atoms with Crippen molar-refractivity contribution >= 4 is 11.7 Å². The van der Waals surface area contributed by atoms with Crippen LogP contribution in [0.3, 0.4) is 0 Å². The molecular weight excluding hydrogens is 232 g/mol. The first kappa shape index (κ1) is 14.3. The Morgan fingerprint density at radius 2 is 2.00 bits per heavy atom. The number of benzene rings is 1. The van der Waals surface area contributed by atoms with Gasteiger partial charge in [-0.25, -0.2) is 4.79 Å². The van der Waals surface area contributed by atoms with Crippen LogP contribution in [0, 0.1) is 0 Å². The van der Waals surface area contributed by atoms with E-state index in [-0.39, 0.29) is 6.03 Å². The van der Waals surface area contributed by atoms with E-state index in [1.54, 1.807) is 31.4 Å². The molecule has 0 heterocycles. The lowest BCUT2D eigenvalue weighted by molar-refractivity contribution is 0.145. The van der Waals surface area contributed by atoms with Crippen molar-refractivity contribution in [1.82, 2.24) is 5.32 Å². The number of amides is 2. The summed E-state index contributed by atoms with van der Waals surface area (Å²) in [4.78, 5) is 11.5. The highest BCUT2D eigenvalue weighted by Crippen LogP contribution is 2.14. The van der Waals surface area contributed by atoms with Gasteiger partial charge in [-0.1, -0.05) is 0 Å². The normalized spacial score (nSPS) is 9.89. The third kappa shape index (κ3) is 5.54. The molecule has 100 valence electrons. The van der Waals surface area contributed by atoms with E-state index >= 15 is 0 Å². The summed E-state index contributed by atoms with van der Waals surface area (Å²) in [5.41, 5.74) is 0.734. The van der Waals surface area contributed by atoms with Crippen LogP contribution >= 0.6 is 0 Å². The zero-order chi connectivity index (χ0) is 13.2. The van der Waals surface area contributed by atoms with Crippen molar-refractivity contribution in [3.05, 3.63) is 24.3 Å². The van der Waals surface area contributed by atoms with Gasteiger partial charge in [-0.3, -0.25) is 0 Å². The predicted molar refractivity (Wildman–Crippen MR) is 71.1 cm³/mol. The van der Waals surface area contributed by atoms with E-state index in [4.69, 9.17) is 9.47 Å². The lowest BCUT2D eigenvalue weighted by Gasteiger charge is -2.08. The van der Waals surface area contributed by atoms with Gasteiger partial charge < -0.3 is 20.1 Å². The SMILES string of the molecule is CCOCCCNC(=O)Nc1ccc(OC)cc1. The molecular formula is C13H20N2O3. The first-order valence-corrected chi connectivity index (χ1v) is 6.03. The zero-order valence-corrected chi connectivity index (χ0v) is 10.9. The Labute approximate surface area is 107 Å². The minimum Gasteiger partial charge on any atom is -0.497 e. The number of hydrogen-bond donors (Lipinski definition) is 2. The molecule has 2 amide bonds. The standard InChI is InChI=1S/C13H20N2O3/c1-3-18-10-4-9-14-13(16)15-11-5-7-12(17-2)8-6-11/h5-8H,3-4,9-10H2,1-2H3,(H2,14,15,16). The molecule has 0 fully saturated rings. The van der Waals surface area contributed by atoms with Crippen LogP contribution in [-0.2, 0) is 4.74 Å². The van der Waals surface area contributed by atoms with Crippen LogP contribution in [0.15, 0.2) is 24.3 Å². The first-order valence-electron chi connectivity index (χ1n) is 6.03. The minimum atomic E-state index is -0.211. The molecule has 1 aromatic rings. The topological polar surface area (TPSA) is 59.6 Å². The molecule has 0 aliphatic rings. The van der Waals surface area contributed by atoms with Crippen LogP contribution in [0.1, 0.15) is 13.3 Å². The van der Waals surface area contributed by atoms with Crippen LogP contribution in [-0.4, -0.2) is 32.9 Å². The minimum absolute atomic E-state index is 0.211. The molecule has 0 saturated heterocycles. The molecule has 0 saturated carbocycles. The van der Waals surface area contributed by atoms with E-state index in [1.807, 2.05) is 6.92 Å². The van der Waals surface area contributed by atoms with Crippen molar-refractivity contribution in [2.75, 3.05) is 32.2 Å². The molecule has 2 N–H and O–H groups in total. The van der Waals surface area contributed by atoms with Crippen LogP contribution in [0.2, 0.25) is 0 Å². The Kier molecular flexibility index (Phi) is 6.64. The molecule has 0 aliphatic carbocycles. The molecule has 0 aliphatic heterocycles. The summed E-state index contributed by atoms with van der Waals surface area (Å²) in [5.74, 6) is 0.762. The van der Waals surface area contributed by atoms with E-state index in [1.165, 1.54) is 0 Å². The van der Waals surface area contributed by atoms with E-state index in [9.17, 15) is 4.79 Å². The lowest BCUT2D eigenvalue weighted by atomic mass is 10.3. The average molecular weight is 252 g/mol. The summed E-state index contributed by atoms with van der Waals surface area (Å²) in [6, 6.07) is 6.96. The van der Waals surface area contributed by atoms with E-state index < -0.39 is 0 Å². The van der Waals surface area contributed by atoms with Crippen molar-refractivity contribution < 1.29 is 14.3 Å². The Bertz CT molecular complexity index is 352. The highest BCUT2D eigenvalue weighted by molar-refractivity contribution is 5.89. The van der Waals surface area contributed by atoms with Crippen LogP contribution in [0.25, 0.3) is 0 Å². The number of urea groups is 1. The molecule has 1 rings (SSSR count). The van der Waals surface area contributed by atoms with Crippen LogP contribution < -0.4 is 15.4 Å². The summed E-state index contributed by atoms with van der Waals surface area (Å²) >= 11 is 0. The van der Waals surface area contributed by atoms with Crippen molar-refractivity contribution in [3.63, 3.8) is 0 Å². The molecule has 18 heavy (non-hydrogen) atoms. The monoisotopic (exact) mass is 252 g/mol. The smallest absolute Gasteiger partial charge is 0.319 e. The maximum atomic E-state index is 11.5. The second-order valence-electron chi connectivity index (χ2n) is 3.66. The van der Waals surface area contributed by atoms with Gasteiger partial charge in [-0.15, -0.1) is 0 Å². The number of nitrogens with one attached hydrogen (secondary N) is 2. The third-order valence-corrected chi connectivity index (χ3v) is 2.30. The largest absolute Gasteiger partial charge is 0.497 e. The first-order chi connectivity index (χ1) is 8.76. The molecule has 0 aromatic heterocycles. The second-order valence-corrected chi connectivity index (χ2v) is 3.66. The van der Waals surface area contributed by atoms with Crippen LogP contribution in [0.4, 0.5) is 10.5 Å². The summed E-state index contributed by atoms with van der Waals surface area (Å²) in [6.07, 6.45) is 0.809. The summed E-state index contributed by atoms with van der Waals surface area (Å²) < 4.78 is 10.2. The quantitative estimate of drug-likeness (QED) is 0.732. The van der Waals surface area contributed by atoms with E-state index in [2.05, 4.69) is 10.6 Å². The maximum absolute atomic E-state index is 11.5. The van der Waals surface area contributed by atoms with Gasteiger partial charge in [-0.05, 0) is 37.6 Å². The number of rotatable bonds is 7. The molecule has 0 unspecified atom stereocenters. The lowest BCUT2D eigenvalue weighted by Crippen LogP contribution is -2.30. The van der Waals surface area contributed by atoms with Gasteiger partial charge in [0.1, 0.15) is 5.75 Å². The number of anilines is 1. The fourth-order valence-electron chi connectivity index (χ4n) is 1.37. The molecule has 5 heteroatoms. The molecule has 0 bridgehead atoms. The van der Waals surface area contributed by atoms with Crippen LogP contribution in [0.5, 0.6) is 5.75 Å². The average Bonchev–Trinajstić information content (AvgIpc) is 2.39. The number of hydrogen-bond acceptors (Lipinski definition) is 3. The van der Waals surface area contributed by atoms with E-state index in [0.717, 1.165) is 17.9 Å². The van der Waals surface area contributed by atoms with Crippen molar-refractivity contribution in [2.24, 2.45) is 0 Å². The zero-order valence-electron chi connectivity index (χ0n) is 10.9. The second kappa shape index (κ2) is 8.36. The Morgan fingerprint density at radius 3 is 2.61 bits per heavy atom.